The second-order valence-electron chi connectivity index (χ2n) is 9.98. The quantitative estimate of drug-likeness (QED) is 0.255. The van der Waals surface area contributed by atoms with Gasteiger partial charge in [-0.2, -0.15) is 5.10 Å². The van der Waals surface area contributed by atoms with E-state index in [-0.39, 0.29) is 22.9 Å². The molecule has 6 rings (SSSR count). The second kappa shape index (κ2) is 11.8. The van der Waals surface area contributed by atoms with Crippen molar-refractivity contribution < 1.29 is 23.0 Å². The molecule has 4 aromatic heterocycles. The standard InChI is InChI=1S/C31H23F2N7O5/c1-18(2)38-17-27(29(41)40(31(38)43)22-7-4-20(32)5-8-22)45-30(42)37-21-6-9-25(23(33)15-21)44-26-14-19(28-34-11-3-12-35-28)16-39-24(26)10-13-36-39/h3-18H,1-2H3,(H,37,42). The fourth-order valence-corrected chi connectivity index (χ4v) is 4.48. The lowest BCUT2D eigenvalue weighted by Crippen LogP contribution is -2.40. The topological polar surface area (TPSA) is 135 Å². The highest BCUT2D eigenvalue weighted by Gasteiger charge is 2.19. The Balaban J connectivity index is 1.24. The van der Waals surface area contributed by atoms with Crippen LogP contribution in [-0.4, -0.2) is 34.8 Å². The van der Waals surface area contributed by atoms with E-state index in [4.69, 9.17) is 9.47 Å². The summed E-state index contributed by atoms with van der Waals surface area (Å²) in [6, 6.07) is 13.0. The van der Waals surface area contributed by atoms with Crippen molar-refractivity contribution in [3.05, 3.63) is 124 Å². The number of aromatic nitrogens is 6. The maximum absolute atomic E-state index is 15.2. The molecule has 226 valence electrons. The van der Waals surface area contributed by atoms with Gasteiger partial charge in [0.2, 0.25) is 5.75 Å². The van der Waals surface area contributed by atoms with Crippen LogP contribution in [0.5, 0.6) is 17.2 Å². The first-order chi connectivity index (χ1) is 21.7. The third-order valence-corrected chi connectivity index (χ3v) is 6.62. The Labute approximate surface area is 252 Å². The number of amides is 1. The Morgan fingerprint density at radius 1 is 0.889 bits per heavy atom. The van der Waals surface area contributed by atoms with Crippen molar-refractivity contribution in [3.8, 4) is 34.3 Å². The fraction of sp³-hybridized carbons (Fsp3) is 0.0968. The first-order valence-electron chi connectivity index (χ1n) is 13.5. The molecule has 0 spiro atoms. The number of hydrogen-bond donors (Lipinski definition) is 1. The molecule has 0 bridgehead atoms. The molecular formula is C31H23F2N7O5. The Hall–Kier alpha value is -6.18. The molecule has 0 aliphatic rings. The summed E-state index contributed by atoms with van der Waals surface area (Å²) in [5.41, 5.74) is -0.412. The van der Waals surface area contributed by atoms with Crippen molar-refractivity contribution >= 4 is 17.3 Å². The Kier molecular flexibility index (Phi) is 7.61. The molecule has 12 nitrogen and oxygen atoms in total. The van der Waals surface area contributed by atoms with E-state index in [0.717, 1.165) is 29.0 Å². The van der Waals surface area contributed by atoms with Crippen LogP contribution in [0, 0.1) is 11.6 Å². The lowest BCUT2D eigenvalue weighted by Gasteiger charge is -2.16. The number of anilines is 1. The zero-order chi connectivity index (χ0) is 31.7. The molecule has 45 heavy (non-hydrogen) atoms. The third kappa shape index (κ3) is 5.88. The Morgan fingerprint density at radius 2 is 1.64 bits per heavy atom. The van der Waals surface area contributed by atoms with Crippen molar-refractivity contribution in [3.63, 3.8) is 0 Å². The number of halogens is 2. The van der Waals surface area contributed by atoms with Gasteiger partial charge in [-0.1, -0.05) is 0 Å². The highest BCUT2D eigenvalue weighted by molar-refractivity contribution is 5.86. The summed E-state index contributed by atoms with van der Waals surface area (Å²) in [5, 5.41) is 6.59. The van der Waals surface area contributed by atoms with Crippen LogP contribution in [0.3, 0.4) is 0 Å². The smallest absolute Gasteiger partial charge is 0.417 e. The zero-order valence-corrected chi connectivity index (χ0v) is 23.7. The van der Waals surface area contributed by atoms with Crippen LogP contribution >= 0.6 is 0 Å². The van der Waals surface area contributed by atoms with Crippen molar-refractivity contribution in [2.24, 2.45) is 0 Å². The summed E-state index contributed by atoms with van der Waals surface area (Å²) in [7, 11) is 0. The van der Waals surface area contributed by atoms with E-state index < -0.39 is 40.8 Å². The maximum atomic E-state index is 15.2. The molecule has 0 aliphatic carbocycles. The lowest BCUT2D eigenvalue weighted by atomic mass is 10.2. The number of rotatable bonds is 7. The predicted molar refractivity (Wildman–Crippen MR) is 159 cm³/mol. The average molecular weight is 612 g/mol. The highest BCUT2D eigenvalue weighted by Crippen LogP contribution is 2.32. The van der Waals surface area contributed by atoms with Crippen molar-refractivity contribution in [1.82, 2.24) is 28.7 Å². The molecular weight excluding hydrogens is 588 g/mol. The molecule has 4 heterocycles. The monoisotopic (exact) mass is 611 g/mol. The highest BCUT2D eigenvalue weighted by atomic mass is 19.1. The normalized spacial score (nSPS) is 11.1. The minimum absolute atomic E-state index is 0.00169. The van der Waals surface area contributed by atoms with Gasteiger partial charge in [0.05, 0.1) is 18.1 Å². The lowest BCUT2D eigenvalue weighted by molar-refractivity contribution is 0.213. The average Bonchev–Trinajstić information content (AvgIpc) is 3.50. The van der Waals surface area contributed by atoms with Crippen LogP contribution in [0.25, 0.3) is 22.6 Å². The van der Waals surface area contributed by atoms with Gasteiger partial charge in [-0.25, -0.2) is 37.4 Å². The third-order valence-electron chi connectivity index (χ3n) is 6.62. The summed E-state index contributed by atoms with van der Waals surface area (Å²) in [6.07, 6.45) is 6.46. The summed E-state index contributed by atoms with van der Waals surface area (Å²) < 4.78 is 43.3. The van der Waals surface area contributed by atoms with Gasteiger partial charge in [0.15, 0.2) is 23.1 Å². The molecule has 0 atom stereocenters. The van der Waals surface area contributed by atoms with Gasteiger partial charge < -0.3 is 9.47 Å². The number of nitrogens with zero attached hydrogens (tertiary/aromatic N) is 6. The van der Waals surface area contributed by atoms with E-state index >= 15 is 4.39 Å². The minimum Gasteiger partial charge on any atom is -0.452 e. The van der Waals surface area contributed by atoms with Crippen LogP contribution in [0.2, 0.25) is 0 Å². The van der Waals surface area contributed by atoms with Crippen molar-refractivity contribution in [2.45, 2.75) is 19.9 Å². The van der Waals surface area contributed by atoms with E-state index in [1.165, 1.54) is 28.8 Å². The van der Waals surface area contributed by atoms with Crippen LogP contribution in [-0.2, 0) is 0 Å². The van der Waals surface area contributed by atoms with Gasteiger partial charge in [0.25, 0.3) is 0 Å². The van der Waals surface area contributed by atoms with Gasteiger partial charge in [0, 0.05) is 41.9 Å². The number of benzene rings is 2. The molecule has 1 amide bonds. The maximum Gasteiger partial charge on any atom is 0.417 e. The fourth-order valence-electron chi connectivity index (χ4n) is 4.48. The summed E-state index contributed by atoms with van der Waals surface area (Å²) in [6.45, 7) is 3.39. The van der Waals surface area contributed by atoms with Crippen LogP contribution in [0.1, 0.15) is 19.9 Å². The summed E-state index contributed by atoms with van der Waals surface area (Å²) >= 11 is 0. The molecule has 0 unspecified atom stereocenters. The number of pyridine rings is 1. The number of hydrogen-bond acceptors (Lipinski definition) is 8. The van der Waals surface area contributed by atoms with Gasteiger partial charge in [-0.3, -0.25) is 14.7 Å². The predicted octanol–water partition coefficient (Wildman–Crippen LogP) is 5.37. The zero-order valence-electron chi connectivity index (χ0n) is 23.7. The van der Waals surface area contributed by atoms with E-state index in [1.54, 1.807) is 61.3 Å². The SMILES string of the molecule is CC(C)n1cc(OC(=O)Nc2ccc(Oc3cc(-c4ncccn4)cn4nccc34)c(F)c2)c(=O)n(-c2ccc(F)cc2)c1=O. The van der Waals surface area contributed by atoms with Gasteiger partial charge in [0.1, 0.15) is 11.3 Å². The van der Waals surface area contributed by atoms with Crippen LogP contribution < -0.4 is 26.0 Å². The van der Waals surface area contributed by atoms with E-state index in [9.17, 15) is 18.8 Å². The van der Waals surface area contributed by atoms with Crippen molar-refractivity contribution in [1.29, 1.82) is 0 Å². The molecule has 1 N–H and O–H groups in total. The van der Waals surface area contributed by atoms with Crippen LogP contribution in [0.15, 0.2) is 101 Å². The molecule has 0 fully saturated rings. The van der Waals surface area contributed by atoms with E-state index in [1.807, 2.05) is 0 Å². The number of ether oxygens (including phenoxy) is 2. The molecule has 0 aliphatic heterocycles. The summed E-state index contributed by atoms with van der Waals surface area (Å²) in [4.78, 5) is 47.4. The molecule has 0 radical (unpaired) electrons. The summed E-state index contributed by atoms with van der Waals surface area (Å²) in [5.74, 6) is -1.27. The Morgan fingerprint density at radius 3 is 2.36 bits per heavy atom. The second-order valence-corrected chi connectivity index (χ2v) is 9.98. The number of nitrogens with one attached hydrogen (secondary N) is 1. The Bertz CT molecular complexity index is 2160. The molecule has 6 aromatic rings. The number of carbonyl (C=O) groups excluding carboxylic acids is 1. The molecule has 0 saturated heterocycles. The van der Waals surface area contributed by atoms with Crippen molar-refractivity contribution in [2.75, 3.05) is 5.32 Å². The first-order valence-corrected chi connectivity index (χ1v) is 13.5. The van der Waals surface area contributed by atoms with E-state index in [2.05, 4.69) is 20.4 Å². The van der Waals surface area contributed by atoms with Gasteiger partial charge >= 0.3 is 17.3 Å². The molecule has 0 saturated carbocycles. The minimum atomic E-state index is -1.11. The largest absolute Gasteiger partial charge is 0.452 e. The van der Waals surface area contributed by atoms with E-state index in [0.29, 0.717) is 16.9 Å². The molecule has 2 aromatic carbocycles. The first kappa shape index (κ1) is 28.9. The van der Waals surface area contributed by atoms with Gasteiger partial charge in [-0.15, -0.1) is 0 Å². The van der Waals surface area contributed by atoms with Gasteiger partial charge in [-0.05, 0) is 68.4 Å². The van der Waals surface area contributed by atoms with Crippen LogP contribution in [0.4, 0.5) is 19.3 Å². The number of fused-ring (bicyclic) bond motifs is 1. The number of carbonyl (C=O) groups is 1. The molecule has 14 heteroatoms.